The fourth-order valence-corrected chi connectivity index (χ4v) is 4.41. The molecule has 1 N–H and O–H groups in total. The number of aromatic nitrogens is 3. The molecule has 2 aromatic rings. The van der Waals surface area contributed by atoms with E-state index in [0.717, 1.165) is 42.4 Å². The molecule has 2 aromatic heterocycles. The van der Waals surface area contributed by atoms with Crippen LogP contribution < -0.4 is 0 Å². The van der Waals surface area contributed by atoms with Crippen LogP contribution in [0.15, 0.2) is 28.0 Å². The van der Waals surface area contributed by atoms with E-state index in [1.54, 1.807) is 18.0 Å². The van der Waals surface area contributed by atoms with Crippen LogP contribution in [0.25, 0.3) is 0 Å². The van der Waals surface area contributed by atoms with Crippen LogP contribution >= 0.6 is 11.8 Å². The van der Waals surface area contributed by atoms with Gasteiger partial charge in [-0.25, -0.2) is 0 Å². The highest BCUT2D eigenvalue weighted by Crippen LogP contribution is 2.41. The smallest absolute Gasteiger partial charge is 0.191 e. The fraction of sp³-hybridized carbons (Fsp3) is 0.647. The number of thioether (sulfide) groups is 1. The predicted octanol–water partition coefficient (Wildman–Crippen LogP) is 3.58. The zero-order valence-electron chi connectivity index (χ0n) is 13.3. The Kier molecular flexibility index (Phi) is 4.20. The molecule has 0 atom stereocenters. The second-order valence-electron chi connectivity index (χ2n) is 6.85. The lowest BCUT2D eigenvalue weighted by atomic mass is 9.86. The molecule has 0 aliphatic heterocycles. The van der Waals surface area contributed by atoms with Gasteiger partial charge in [-0.05, 0) is 37.8 Å². The van der Waals surface area contributed by atoms with Crippen molar-refractivity contribution in [1.82, 2.24) is 14.8 Å². The van der Waals surface area contributed by atoms with Crippen molar-refractivity contribution in [3.8, 4) is 0 Å². The molecule has 2 aliphatic carbocycles. The van der Waals surface area contributed by atoms with E-state index < -0.39 is 5.60 Å². The number of rotatable bonds is 6. The Morgan fingerprint density at radius 1 is 1.26 bits per heavy atom. The van der Waals surface area contributed by atoms with Crippen molar-refractivity contribution in [2.45, 2.75) is 68.2 Å². The molecule has 0 spiro atoms. The predicted molar refractivity (Wildman–Crippen MR) is 88.6 cm³/mol. The molecular formula is C17H23N3O2S. The van der Waals surface area contributed by atoms with Crippen LogP contribution in [0.2, 0.25) is 0 Å². The highest BCUT2D eigenvalue weighted by molar-refractivity contribution is 7.99. The molecule has 0 radical (unpaired) electrons. The van der Waals surface area contributed by atoms with Gasteiger partial charge < -0.3 is 9.52 Å². The molecule has 2 fully saturated rings. The van der Waals surface area contributed by atoms with Gasteiger partial charge in [0.15, 0.2) is 5.16 Å². The Labute approximate surface area is 140 Å². The van der Waals surface area contributed by atoms with Crippen molar-refractivity contribution in [1.29, 1.82) is 0 Å². The van der Waals surface area contributed by atoms with Crippen LogP contribution in [0.5, 0.6) is 0 Å². The third-order valence-corrected chi connectivity index (χ3v) is 6.08. The molecule has 0 aromatic carbocycles. The molecule has 2 aliphatic rings. The molecule has 0 unspecified atom stereocenters. The Balaban J connectivity index is 1.51. The van der Waals surface area contributed by atoms with E-state index in [2.05, 4.69) is 14.8 Å². The van der Waals surface area contributed by atoms with E-state index in [1.807, 2.05) is 12.1 Å². The van der Waals surface area contributed by atoms with Gasteiger partial charge in [-0.3, -0.25) is 4.57 Å². The summed E-state index contributed by atoms with van der Waals surface area (Å²) in [7, 11) is 0. The molecule has 2 saturated carbocycles. The molecular weight excluding hydrogens is 310 g/mol. The van der Waals surface area contributed by atoms with E-state index in [-0.39, 0.29) is 0 Å². The summed E-state index contributed by atoms with van der Waals surface area (Å²) >= 11 is 1.64. The SMILES string of the molecule is OC1(CSc2nnc(C3CC3)n2Cc2ccco2)CCCCC1. The third-order valence-electron chi connectivity index (χ3n) is 4.84. The number of nitrogens with zero attached hydrogens (tertiary/aromatic N) is 3. The standard InChI is InChI=1S/C17H23N3O2S/c21-17(8-2-1-3-9-17)12-23-16-19-18-15(13-6-7-13)20(16)11-14-5-4-10-22-14/h4-5,10,13,21H,1-3,6-9,11-12H2. The van der Waals surface area contributed by atoms with Crippen LogP contribution in [0.1, 0.15) is 62.4 Å². The summed E-state index contributed by atoms with van der Waals surface area (Å²) in [6, 6.07) is 3.90. The van der Waals surface area contributed by atoms with Gasteiger partial charge in [0.2, 0.25) is 0 Å². The molecule has 6 heteroatoms. The van der Waals surface area contributed by atoms with Gasteiger partial charge in [-0.15, -0.1) is 10.2 Å². The third kappa shape index (κ3) is 3.48. The van der Waals surface area contributed by atoms with Crippen molar-refractivity contribution in [3.63, 3.8) is 0 Å². The van der Waals surface area contributed by atoms with Crippen molar-refractivity contribution < 1.29 is 9.52 Å². The number of furan rings is 1. The van der Waals surface area contributed by atoms with Crippen molar-refractivity contribution >= 4 is 11.8 Å². The fourth-order valence-electron chi connectivity index (χ4n) is 3.31. The molecule has 0 saturated heterocycles. The summed E-state index contributed by atoms with van der Waals surface area (Å²) < 4.78 is 7.67. The Morgan fingerprint density at radius 3 is 2.78 bits per heavy atom. The van der Waals surface area contributed by atoms with Crippen LogP contribution in [0.4, 0.5) is 0 Å². The summed E-state index contributed by atoms with van der Waals surface area (Å²) in [5.41, 5.74) is -0.538. The maximum absolute atomic E-state index is 10.7. The topological polar surface area (TPSA) is 64.1 Å². The summed E-state index contributed by atoms with van der Waals surface area (Å²) in [6.07, 6.45) is 9.41. The molecule has 0 amide bonds. The first-order valence-corrected chi connectivity index (χ1v) is 9.53. The van der Waals surface area contributed by atoms with Gasteiger partial charge in [-0.1, -0.05) is 31.0 Å². The largest absolute Gasteiger partial charge is 0.467 e. The molecule has 2 heterocycles. The van der Waals surface area contributed by atoms with E-state index in [0.29, 0.717) is 18.2 Å². The van der Waals surface area contributed by atoms with Gasteiger partial charge in [0.05, 0.1) is 18.4 Å². The quantitative estimate of drug-likeness (QED) is 0.819. The minimum atomic E-state index is -0.538. The van der Waals surface area contributed by atoms with E-state index >= 15 is 0 Å². The second-order valence-corrected chi connectivity index (χ2v) is 7.80. The van der Waals surface area contributed by atoms with Crippen LogP contribution in [-0.2, 0) is 6.54 Å². The number of aliphatic hydroxyl groups is 1. The zero-order chi connectivity index (χ0) is 15.7. The minimum Gasteiger partial charge on any atom is -0.467 e. The summed E-state index contributed by atoms with van der Waals surface area (Å²) in [5.74, 6) is 3.24. The molecule has 23 heavy (non-hydrogen) atoms. The monoisotopic (exact) mass is 333 g/mol. The van der Waals surface area contributed by atoms with Crippen molar-refractivity contribution in [2.24, 2.45) is 0 Å². The van der Waals surface area contributed by atoms with Gasteiger partial charge in [0.1, 0.15) is 11.6 Å². The lowest BCUT2D eigenvalue weighted by Crippen LogP contribution is -2.34. The highest BCUT2D eigenvalue weighted by Gasteiger charge is 2.33. The summed E-state index contributed by atoms with van der Waals surface area (Å²) in [6.45, 7) is 0.673. The van der Waals surface area contributed by atoms with E-state index in [1.165, 1.54) is 19.3 Å². The van der Waals surface area contributed by atoms with Crippen LogP contribution in [0, 0.1) is 0 Å². The Hall–Kier alpha value is -1.27. The number of hydrogen-bond acceptors (Lipinski definition) is 5. The molecule has 0 bridgehead atoms. The van der Waals surface area contributed by atoms with E-state index in [9.17, 15) is 5.11 Å². The molecule has 5 nitrogen and oxygen atoms in total. The van der Waals surface area contributed by atoms with Crippen molar-refractivity contribution in [2.75, 3.05) is 5.75 Å². The minimum absolute atomic E-state index is 0.538. The number of hydrogen-bond donors (Lipinski definition) is 1. The summed E-state index contributed by atoms with van der Waals surface area (Å²) in [5, 5.41) is 20.4. The highest BCUT2D eigenvalue weighted by atomic mass is 32.2. The average molecular weight is 333 g/mol. The van der Waals surface area contributed by atoms with Gasteiger partial charge >= 0.3 is 0 Å². The Morgan fingerprint density at radius 2 is 2.09 bits per heavy atom. The summed E-state index contributed by atoms with van der Waals surface area (Å²) in [4.78, 5) is 0. The average Bonchev–Trinajstić information content (AvgIpc) is 3.12. The van der Waals surface area contributed by atoms with E-state index in [4.69, 9.17) is 4.42 Å². The van der Waals surface area contributed by atoms with Crippen LogP contribution in [-0.4, -0.2) is 31.2 Å². The maximum Gasteiger partial charge on any atom is 0.191 e. The lowest BCUT2D eigenvalue weighted by Gasteiger charge is -2.31. The zero-order valence-corrected chi connectivity index (χ0v) is 14.1. The van der Waals surface area contributed by atoms with Gasteiger partial charge in [0, 0.05) is 11.7 Å². The first-order valence-electron chi connectivity index (χ1n) is 8.54. The molecule has 4 rings (SSSR count). The second kappa shape index (κ2) is 6.32. The Bertz CT molecular complexity index is 643. The normalized spacial score (nSPS) is 20.7. The first-order chi connectivity index (χ1) is 11.2. The van der Waals surface area contributed by atoms with Crippen LogP contribution in [0.3, 0.4) is 0 Å². The lowest BCUT2D eigenvalue weighted by molar-refractivity contribution is 0.0272. The van der Waals surface area contributed by atoms with Gasteiger partial charge in [-0.2, -0.15) is 0 Å². The molecule has 124 valence electrons. The van der Waals surface area contributed by atoms with Crippen molar-refractivity contribution in [3.05, 3.63) is 30.0 Å². The first kappa shape index (κ1) is 15.3. The maximum atomic E-state index is 10.7. The van der Waals surface area contributed by atoms with Gasteiger partial charge in [0.25, 0.3) is 0 Å².